The highest BCUT2D eigenvalue weighted by Crippen LogP contribution is 2.24. The molecule has 0 saturated carbocycles. The molecule has 0 bridgehead atoms. The van der Waals surface area contributed by atoms with Crippen molar-refractivity contribution in [3.63, 3.8) is 0 Å². The van der Waals surface area contributed by atoms with E-state index in [-0.39, 0.29) is 23.7 Å². The Morgan fingerprint density at radius 2 is 1.27 bits per heavy atom. The second kappa shape index (κ2) is 18.2. The van der Waals surface area contributed by atoms with Gasteiger partial charge in [0.25, 0.3) is 0 Å². The summed E-state index contributed by atoms with van der Waals surface area (Å²) < 4.78 is 12.1. The number of methoxy groups -OCH3 is 1. The highest BCUT2D eigenvalue weighted by Gasteiger charge is 2.24. The van der Waals surface area contributed by atoms with Gasteiger partial charge in [-0.05, 0) is 39.5 Å². The maximum Gasteiger partial charge on any atom is 0.138 e. The number of ether oxygens (including phenoxy) is 2. The van der Waals surface area contributed by atoms with Crippen LogP contribution in [0.5, 0.6) is 0 Å². The van der Waals surface area contributed by atoms with Crippen LogP contribution in [0.15, 0.2) is 0 Å². The summed E-state index contributed by atoms with van der Waals surface area (Å²) >= 11 is 0. The van der Waals surface area contributed by atoms with E-state index in [2.05, 4.69) is 41.5 Å². The van der Waals surface area contributed by atoms with Crippen LogP contribution in [0.25, 0.3) is 0 Å². The molecule has 0 heterocycles. The van der Waals surface area contributed by atoms with Gasteiger partial charge in [0.2, 0.25) is 0 Å². The van der Waals surface area contributed by atoms with Crippen LogP contribution in [0.3, 0.4) is 0 Å². The van der Waals surface area contributed by atoms with Crippen molar-refractivity contribution in [2.24, 2.45) is 5.41 Å². The van der Waals surface area contributed by atoms with Crippen LogP contribution < -0.4 is 0 Å². The van der Waals surface area contributed by atoms with Crippen LogP contribution in [0, 0.1) is 5.41 Å². The van der Waals surface area contributed by atoms with Crippen molar-refractivity contribution in [2.45, 2.75) is 156 Å². The summed E-state index contributed by atoms with van der Waals surface area (Å²) in [6.45, 7) is 12.8. The minimum Gasteiger partial charge on any atom is -0.379 e. The lowest BCUT2D eigenvalue weighted by atomic mass is 9.83. The summed E-state index contributed by atoms with van der Waals surface area (Å²) in [5, 5.41) is 0. The molecule has 0 aliphatic carbocycles. The Morgan fingerprint density at radius 1 is 0.767 bits per heavy atom. The molecule has 0 rings (SSSR count). The maximum absolute atomic E-state index is 12.2. The lowest BCUT2D eigenvalue weighted by molar-refractivity contribution is -0.127. The smallest absolute Gasteiger partial charge is 0.138 e. The molecule has 0 N–H and O–H groups in total. The Bertz CT molecular complexity index is 403. The summed E-state index contributed by atoms with van der Waals surface area (Å²) in [4.78, 5) is 12.2. The van der Waals surface area contributed by atoms with E-state index in [9.17, 15) is 4.79 Å². The third-order valence-corrected chi connectivity index (χ3v) is 6.54. The first-order valence-corrected chi connectivity index (χ1v) is 13.0. The Hall–Kier alpha value is -0.410. The zero-order chi connectivity index (χ0) is 22.8. The van der Waals surface area contributed by atoms with Gasteiger partial charge in [0, 0.05) is 18.9 Å². The third-order valence-electron chi connectivity index (χ3n) is 6.54. The highest BCUT2D eigenvalue weighted by molar-refractivity contribution is 5.83. The molecule has 180 valence electrons. The fourth-order valence-corrected chi connectivity index (χ4v) is 3.97. The molecule has 0 aromatic carbocycles. The molecule has 0 fully saturated rings. The van der Waals surface area contributed by atoms with Crippen LogP contribution in [-0.2, 0) is 14.3 Å². The van der Waals surface area contributed by atoms with Gasteiger partial charge in [-0.25, -0.2) is 0 Å². The Morgan fingerprint density at radius 3 is 1.77 bits per heavy atom. The van der Waals surface area contributed by atoms with Crippen molar-refractivity contribution >= 4 is 5.78 Å². The average molecular weight is 427 g/mol. The maximum atomic E-state index is 12.2. The minimum absolute atomic E-state index is 0.146. The van der Waals surface area contributed by atoms with E-state index in [4.69, 9.17) is 9.47 Å². The molecular formula is C27H54O3. The molecule has 0 aliphatic rings. The Labute approximate surface area is 189 Å². The molecule has 0 saturated heterocycles. The number of rotatable bonds is 21. The zero-order valence-electron chi connectivity index (χ0n) is 21.6. The van der Waals surface area contributed by atoms with Crippen molar-refractivity contribution in [2.75, 3.05) is 7.11 Å². The average Bonchev–Trinajstić information content (AvgIpc) is 2.71. The number of hydrogen-bond acceptors (Lipinski definition) is 3. The second-order valence-corrected chi connectivity index (χ2v) is 10.0. The molecule has 0 spiro atoms. The van der Waals surface area contributed by atoms with Gasteiger partial charge in [-0.2, -0.15) is 0 Å². The first-order valence-electron chi connectivity index (χ1n) is 13.0. The van der Waals surface area contributed by atoms with Crippen LogP contribution in [-0.4, -0.2) is 31.2 Å². The van der Waals surface area contributed by atoms with E-state index >= 15 is 0 Å². The van der Waals surface area contributed by atoms with Gasteiger partial charge >= 0.3 is 0 Å². The number of hydrogen-bond donors (Lipinski definition) is 0. The van der Waals surface area contributed by atoms with Gasteiger partial charge in [0.05, 0.1) is 18.3 Å². The van der Waals surface area contributed by atoms with Crippen LogP contribution >= 0.6 is 0 Å². The molecule has 2 unspecified atom stereocenters. The summed E-state index contributed by atoms with van der Waals surface area (Å²) in [6, 6.07) is 0. The molecular weight excluding hydrogens is 372 g/mol. The number of unbranched alkanes of at least 4 members (excludes halogenated alkanes) is 9. The van der Waals surface area contributed by atoms with Crippen molar-refractivity contribution < 1.29 is 14.3 Å². The first kappa shape index (κ1) is 29.6. The lowest BCUT2D eigenvalue weighted by Gasteiger charge is -2.28. The van der Waals surface area contributed by atoms with Crippen LogP contribution in [0.1, 0.15) is 138 Å². The molecule has 3 nitrogen and oxygen atoms in total. The molecule has 0 aromatic rings. The predicted molar refractivity (Wildman–Crippen MR) is 130 cm³/mol. The molecule has 0 radical (unpaired) electrons. The molecule has 2 atom stereocenters. The van der Waals surface area contributed by atoms with Crippen LogP contribution in [0.4, 0.5) is 0 Å². The molecule has 0 aliphatic heterocycles. The fourth-order valence-electron chi connectivity index (χ4n) is 3.97. The lowest BCUT2D eigenvalue weighted by Crippen LogP contribution is -2.33. The van der Waals surface area contributed by atoms with E-state index in [0.29, 0.717) is 5.78 Å². The van der Waals surface area contributed by atoms with Gasteiger partial charge in [-0.3, -0.25) is 4.79 Å². The highest BCUT2D eigenvalue weighted by atomic mass is 16.5. The summed E-state index contributed by atoms with van der Waals surface area (Å²) in [7, 11) is 1.84. The Balaban J connectivity index is 4.13. The molecule has 0 amide bonds. The largest absolute Gasteiger partial charge is 0.379 e. The van der Waals surface area contributed by atoms with E-state index in [1.54, 1.807) is 0 Å². The summed E-state index contributed by atoms with van der Waals surface area (Å²) in [6.07, 6.45) is 18.2. The van der Waals surface area contributed by atoms with Gasteiger partial charge in [0.1, 0.15) is 5.78 Å². The summed E-state index contributed by atoms with van der Waals surface area (Å²) in [5.74, 6) is 0.424. The van der Waals surface area contributed by atoms with E-state index < -0.39 is 0 Å². The third kappa shape index (κ3) is 14.6. The van der Waals surface area contributed by atoms with Crippen molar-refractivity contribution in [1.82, 2.24) is 0 Å². The Kier molecular flexibility index (Phi) is 17.9. The van der Waals surface area contributed by atoms with Gasteiger partial charge in [-0.15, -0.1) is 0 Å². The molecule has 0 aromatic heterocycles. The zero-order valence-corrected chi connectivity index (χ0v) is 21.6. The minimum atomic E-state index is -0.146. The predicted octanol–water partition coefficient (Wildman–Crippen LogP) is 8.28. The molecule has 30 heavy (non-hydrogen) atoms. The van der Waals surface area contributed by atoms with Crippen LogP contribution in [0.2, 0.25) is 0 Å². The SMILES string of the molecule is CCCCCCCCC(OC)C(CCCCCCCC(=O)C(C)(C)CC)OC(C)C. The second-order valence-electron chi connectivity index (χ2n) is 10.0. The monoisotopic (exact) mass is 426 g/mol. The van der Waals surface area contributed by atoms with E-state index in [1.807, 2.05) is 7.11 Å². The van der Waals surface area contributed by atoms with Crippen molar-refractivity contribution in [3.8, 4) is 0 Å². The van der Waals surface area contributed by atoms with Crippen molar-refractivity contribution in [3.05, 3.63) is 0 Å². The van der Waals surface area contributed by atoms with Gasteiger partial charge < -0.3 is 9.47 Å². The van der Waals surface area contributed by atoms with Crippen molar-refractivity contribution in [1.29, 1.82) is 0 Å². The van der Waals surface area contributed by atoms with E-state index in [0.717, 1.165) is 38.5 Å². The molecule has 3 heteroatoms. The van der Waals surface area contributed by atoms with E-state index in [1.165, 1.54) is 57.8 Å². The number of ketones is 1. The number of carbonyl (C=O) groups excluding carboxylic acids is 1. The fraction of sp³-hybridized carbons (Fsp3) is 0.963. The standard InChI is InChI=1S/C27H54O3/c1-8-10-11-12-14-17-20-24(29-7)25(30-23(3)4)21-18-15-13-16-19-22-26(28)27(5,6)9-2/h23-25H,8-22H2,1-7H3. The number of Topliss-reactive ketones (excluding diaryl/α,β-unsaturated/α-hetero) is 1. The first-order chi connectivity index (χ1) is 14.3. The number of carbonyl (C=O) groups is 1. The van der Waals surface area contributed by atoms with Gasteiger partial charge in [0.15, 0.2) is 0 Å². The normalized spacial score (nSPS) is 14.3. The van der Waals surface area contributed by atoms with Gasteiger partial charge in [-0.1, -0.05) is 91.9 Å². The quantitative estimate of drug-likeness (QED) is 0.173. The summed E-state index contributed by atoms with van der Waals surface area (Å²) in [5.41, 5.74) is -0.146. The topological polar surface area (TPSA) is 35.5 Å².